The van der Waals surface area contributed by atoms with Gasteiger partial charge in [-0.2, -0.15) is 0 Å². The van der Waals surface area contributed by atoms with Crippen molar-refractivity contribution in [3.63, 3.8) is 0 Å². The standard InChI is InChI=1S/C14H19N3OS/c1-3-8-17-13(9-15-16-17)14(18)10-19-12-6-4-11(2)5-7-12/h4-7,9,14,18H,3,8,10H2,1-2H3. The predicted octanol–water partition coefficient (Wildman–Crippen LogP) is 2.82. The van der Waals surface area contributed by atoms with Crippen LogP contribution < -0.4 is 0 Å². The van der Waals surface area contributed by atoms with Crippen molar-refractivity contribution < 1.29 is 5.11 Å². The molecule has 4 nitrogen and oxygen atoms in total. The van der Waals surface area contributed by atoms with Gasteiger partial charge in [-0.25, -0.2) is 4.68 Å². The van der Waals surface area contributed by atoms with E-state index in [0.717, 1.165) is 18.7 Å². The summed E-state index contributed by atoms with van der Waals surface area (Å²) in [5.74, 6) is 0.611. The molecule has 0 spiro atoms. The number of hydrogen-bond donors (Lipinski definition) is 1. The summed E-state index contributed by atoms with van der Waals surface area (Å²) in [7, 11) is 0. The lowest BCUT2D eigenvalue weighted by Gasteiger charge is -2.11. The molecule has 0 amide bonds. The molecule has 0 aliphatic carbocycles. The molecule has 0 saturated carbocycles. The van der Waals surface area contributed by atoms with E-state index in [9.17, 15) is 5.11 Å². The first-order valence-electron chi connectivity index (χ1n) is 6.46. The Labute approximate surface area is 117 Å². The van der Waals surface area contributed by atoms with E-state index >= 15 is 0 Å². The van der Waals surface area contributed by atoms with Crippen LogP contribution in [0.25, 0.3) is 0 Å². The number of aryl methyl sites for hydroxylation is 2. The predicted molar refractivity (Wildman–Crippen MR) is 77.2 cm³/mol. The van der Waals surface area contributed by atoms with Crippen LogP contribution in [0.2, 0.25) is 0 Å². The molecule has 1 unspecified atom stereocenters. The molecule has 2 rings (SSSR count). The van der Waals surface area contributed by atoms with Gasteiger partial charge in [0.1, 0.15) is 6.10 Å². The summed E-state index contributed by atoms with van der Waals surface area (Å²) >= 11 is 1.64. The summed E-state index contributed by atoms with van der Waals surface area (Å²) in [4.78, 5) is 1.17. The minimum absolute atomic E-state index is 0.534. The zero-order valence-electron chi connectivity index (χ0n) is 11.3. The minimum atomic E-state index is -0.534. The number of thioether (sulfide) groups is 1. The molecular formula is C14H19N3OS. The van der Waals surface area contributed by atoms with Gasteiger partial charge in [-0.15, -0.1) is 16.9 Å². The third-order valence-corrected chi connectivity index (χ3v) is 3.94. The maximum atomic E-state index is 10.2. The van der Waals surface area contributed by atoms with Crippen molar-refractivity contribution in [3.05, 3.63) is 41.7 Å². The molecule has 0 radical (unpaired) electrons. The highest BCUT2D eigenvalue weighted by Crippen LogP contribution is 2.24. The Morgan fingerprint density at radius 1 is 1.32 bits per heavy atom. The van der Waals surface area contributed by atoms with Gasteiger partial charge in [0.05, 0.1) is 11.9 Å². The quantitative estimate of drug-likeness (QED) is 0.825. The van der Waals surface area contributed by atoms with Crippen LogP contribution in [-0.4, -0.2) is 25.9 Å². The van der Waals surface area contributed by atoms with Crippen LogP contribution in [0, 0.1) is 6.92 Å². The third kappa shape index (κ3) is 3.81. The molecule has 0 aliphatic rings. The van der Waals surface area contributed by atoms with E-state index in [2.05, 4.69) is 48.4 Å². The van der Waals surface area contributed by atoms with E-state index in [4.69, 9.17) is 0 Å². The van der Waals surface area contributed by atoms with E-state index in [0.29, 0.717) is 5.75 Å². The van der Waals surface area contributed by atoms with Crippen LogP contribution in [0.1, 0.15) is 30.7 Å². The molecule has 1 atom stereocenters. The fourth-order valence-corrected chi connectivity index (χ4v) is 2.65. The van der Waals surface area contributed by atoms with Crippen molar-refractivity contribution in [2.75, 3.05) is 5.75 Å². The Bertz CT molecular complexity index is 510. The molecule has 1 N–H and O–H groups in total. The van der Waals surface area contributed by atoms with Crippen molar-refractivity contribution in [2.24, 2.45) is 0 Å². The van der Waals surface area contributed by atoms with E-state index in [1.807, 2.05) is 0 Å². The molecule has 0 bridgehead atoms. The second-order valence-electron chi connectivity index (χ2n) is 4.52. The van der Waals surface area contributed by atoms with Crippen LogP contribution in [0.5, 0.6) is 0 Å². The minimum Gasteiger partial charge on any atom is -0.386 e. The van der Waals surface area contributed by atoms with E-state index in [1.165, 1.54) is 10.5 Å². The molecule has 1 aromatic heterocycles. The summed E-state index contributed by atoms with van der Waals surface area (Å²) in [6.45, 7) is 4.94. The number of aliphatic hydroxyl groups is 1. The van der Waals surface area contributed by atoms with Gasteiger partial charge >= 0.3 is 0 Å². The molecular weight excluding hydrogens is 258 g/mol. The Morgan fingerprint density at radius 3 is 2.74 bits per heavy atom. The average molecular weight is 277 g/mol. The molecule has 102 valence electrons. The van der Waals surface area contributed by atoms with Gasteiger partial charge < -0.3 is 5.11 Å². The number of rotatable bonds is 6. The van der Waals surface area contributed by atoms with E-state index in [1.54, 1.807) is 22.6 Å². The van der Waals surface area contributed by atoms with Gasteiger partial charge in [-0.1, -0.05) is 29.8 Å². The lowest BCUT2D eigenvalue weighted by molar-refractivity contribution is 0.191. The number of nitrogens with zero attached hydrogens (tertiary/aromatic N) is 3. The molecule has 1 aromatic carbocycles. The Kier molecular flexibility index (Phi) is 4.99. The zero-order chi connectivity index (χ0) is 13.7. The van der Waals surface area contributed by atoms with Crippen LogP contribution >= 0.6 is 11.8 Å². The second kappa shape index (κ2) is 6.73. The van der Waals surface area contributed by atoms with Gasteiger partial charge in [-0.3, -0.25) is 0 Å². The highest BCUT2D eigenvalue weighted by molar-refractivity contribution is 7.99. The Balaban J connectivity index is 1.95. The lowest BCUT2D eigenvalue weighted by atomic mass is 10.2. The largest absolute Gasteiger partial charge is 0.386 e. The first-order chi connectivity index (χ1) is 9.20. The zero-order valence-corrected chi connectivity index (χ0v) is 12.1. The van der Waals surface area contributed by atoms with E-state index in [-0.39, 0.29) is 0 Å². The molecule has 19 heavy (non-hydrogen) atoms. The topological polar surface area (TPSA) is 50.9 Å². The Morgan fingerprint density at radius 2 is 2.05 bits per heavy atom. The maximum absolute atomic E-state index is 10.2. The smallest absolute Gasteiger partial charge is 0.107 e. The summed E-state index contributed by atoms with van der Waals surface area (Å²) in [5, 5.41) is 18.1. The summed E-state index contributed by atoms with van der Waals surface area (Å²) in [5.41, 5.74) is 2.04. The normalized spacial score (nSPS) is 12.6. The molecule has 0 fully saturated rings. The summed E-state index contributed by atoms with van der Waals surface area (Å²) < 4.78 is 1.78. The maximum Gasteiger partial charge on any atom is 0.107 e. The molecule has 0 aliphatic heterocycles. The molecule has 5 heteroatoms. The molecule has 1 heterocycles. The van der Waals surface area contributed by atoms with Gasteiger partial charge in [0.2, 0.25) is 0 Å². The van der Waals surface area contributed by atoms with Gasteiger partial charge in [-0.05, 0) is 25.5 Å². The van der Waals surface area contributed by atoms with Crippen molar-refractivity contribution in [1.29, 1.82) is 0 Å². The number of aliphatic hydroxyl groups excluding tert-OH is 1. The lowest BCUT2D eigenvalue weighted by Crippen LogP contribution is -2.10. The Hall–Kier alpha value is -1.33. The first kappa shape index (κ1) is 14.1. The second-order valence-corrected chi connectivity index (χ2v) is 5.62. The van der Waals surface area contributed by atoms with Crippen LogP contribution in [-0.2, 0) is 6.54 Å². The van der Waals surface area contributed by atoms with Crippen molar-refractivity contribution >= 4 is 11.8 Å². The van der Waals surface area contributed by atoms with Crippen molar-refractivity contribution in [3.8, 4) is 0 Å². The van der Waals surface area contributed by atoms with Crippen molar-refractivity contribution in [2.45, 2.75) is 37.8 Å². The summed E-state index contributed by atoms with van der Waals surface area (Å²) in [6, 6.07) is 8.32. The third-order valence-electron chi connectivity index (χ3n) is 2.85. The molecule has 0 saturated heterocycles. The van der Waals surface area contributed by atoms with Gasteiger partial charge in [0.15, 0.2) is 0 Å². The van der Waals surface area contributed by atoms with Gasteiger partial charge in [0, 0.05) is 17.2 Å². The first-order valence-corrected chi connectivity index (χ1v) is 7.45. The SMILES string of the molecule is CCCn1nncc1C(O)CSc1ccc(C)cc1. The van der Waals surface area contributed by atoms with Crippen LogP contribution in [0.3, 0.4) is 0 Å². The number of benzene rings is 1. The monoisotopic (exact) mass is 277 g/mol. The molecule has 2 aromatic rings. The number of hydrogen-bond acceptors (Lipinski definition) is 4. The highest BCUT2D eigenvalue weighted by atomic mass is 32.2. The fourth-order valence-electron chi connectivity index (χ4n) is 1.80. The van der Waals surface area contributed by atoms with Crippen LogP contribution in [0.15, 0.2) is 35.4 Å². The summed E-state index contributed by atoms with van der Waals surface area (Å²) in [6.07, 6.45) is 2.09. The van der Waals surface area contributed by atoms with Gasteiger partial charge in [0.25, 0.3) is 0 Å². The average Bonchev–Trinajstić information content (AvgIpc) is 2.86. The highest BCUT2D eigenvalue weighted by Gasteiger charge is 2.14. The van der Waals surface area contributed by atoms with Crippen LogP contribution in [0.4, 0.5) is 0 Å². The fraction of sp³-hybridized carbons (Fsp3) is 0.429. The number of aromatic nitrogens is 3. The van der Waals surface area contributed by atoms with Crippen molar-refractivity contribution in [1.82, 2.24) is 15.0 Å². The van der Waals surface area contributed by atoms with E-state index < -0.39 is 6.10 Å².